The highest BCUT2D eigenvalue weighted by Crippen LogP contribution is 2.37. The molecule has 0 radical (unpaired) electrons. The summed E-state index contributed by atoms with van der Waals surface area (Å²) in [5.74, 6) is 1.12. The Morgan fingerprint density at radius 2 is 1.91 bits per heavy atom. The molecule has 0 spiro atoms. The van der Waals surface area contributed by atoms with Crippen molar-refractivity contribution >= 4 is 34.5 Å². The van der Waals surface area contributed by atoms with Gasteiger partial charge in [0.2, 0.25) is 0 Å². The second kappa shape index (κ2) is 9.31. The number of hydrogen-bond acceptors (Lipinski definition) is 7. The number of benzene rings is 2. The predicted octanol–water partition coefficient (Wildman–Crippen LogP) is 5.22. The molecule has 0 unspecified atom stereocenters. The zero-order valence-electron chi connectivity index (χ0n) is 17.7. The average molecular weight is 452 g/mol. The summed E-state index contributed by atoms with van der Waals surface area (Å²) in [7, 11) is 3.15. The van der Waals surface area contributed by atoms with Crippen molar-refractivity contribution in [1.82, 2.24) is 9.55 Å². The normalized spacial score (nSPS) is 11.0. The Bertz CT molecular complexity index is 1250. The molecule has 2 aromatic carbocycles. The van der Waals surface area contributed by atoms with Gasteiger partial charge in [-0.2, -0.15) is 4.33 Å². The maximum atomic E-state index is 12.9. The number of ether oxygens (including phenoxy) is 1. The molecule has 0 saturated carbocycles. The highest BCUT2D eigenvalue weighted by Gasteiger charge is 2.17. The molecule has 0 aliphatic carbocycles. The maximum absolute atomic E-state index is 12.9. The summed E-state index contributed by atoms with van der Waals surface area (Å²) in [4.78, 5) is 22.5. The van der Waals surface area contributed by atoms with Gasteiger partial charge < -0.3 is 19.7 Å². The van der Waals surface area contributed by atoms with E-state index in [0.717, 1.165) is 22.5 Å². The fraction of sp³-hybridized carbons (Fsp3) is 0.130. The van der Waals surface area contributed by atoms with E-state index in [2.05, 4.69) is 15.2 Å². The molecule has 0 fully saturated rings. The van der Waals surface area contributed by atoms with Crippen molar-refractivity contribution in [3.63, 3.8) is 0 Å². The van der Waals surface area contributed by atoms with Crippen molar-refractivity contribution in [3.8, 4) is 17.4 Å². The molecule has 0 aliphatic heterocycles. The van der Waals surface area contributed by atoms with E-state index in [1.165, 1.54) is 7.11 Å². The third-order valence-electron chi connectivity index (χ3n) is 4.70. The van der Waals surface area contributed by atoms with Crippen LogP contribution in [0, 0.1) is 6.92 Å². The lowest BCUT2D eigenvalue weighted by molar-refractivity contribution is -0.160. The third-order valence-corrected chi connectivity index (χ3v) is 5.37. The van der Waals surface area contributed by atoms with Crippen molar-refractivity contribution in [2.45, 2.75) is 11.8 Å². The van der Waals surface area contributed by atoms with E-state index in [1.807, 2.05) is 25.1 Å². The van der Waals surface area contributed by atoms with Crippen LogP contribution < -0.4 is 10.1 Å². The van der Waals surface area contributed by atoms with Crippen LogP contribution in [0.4, 0.5) is 5.82 Å². The molecule has 4 aromatic rings. The molecule has 4 rings (SSSR count). The van der Waals surface area contributed by atoms with Crippen molar-refractivity contribution in [3.05, 3.63) is 72.1 Å². The van der Waals surface area contributed by atoms with Crippen molar-refractivity contribution in [2.75, 3.05) is 12.4 Å². The van der Waals surface area contributed by atoms with Gasteiger partial charge in [-0.1, -0.05) is 6.07 Å². The van der Waals surface area contributed by atoms with Crippen LogP contribution in [0.1, 0.15) is 15.9 Å². The van der Waals surface area contributed by atoms with Crippen LogP contribution in [-0.4, -0.2) is 27.7 Å². The number of anilines is 1. The number of nitrogens with one attached hydrogen (secondary N) is 1. The summed E-state index contributed by atoms with van der Waals surface area (Å²) in [5, 5.41) is 14.4. The average Bonchev–Trinajstić information content (AvgIpc) is 3.09. The lowest BCUT2D eigenvalue weighted by atomic mass is 10.1. The van der Waals surface area contributed by atoms with Gasteiger partial charge in [0.05, 0.1) is 19.2 Å². The molecule has 0 bridgehead atoms. The Morgan fingerprint density at radius 1 is 1.12 bits per heavy atom. The number of hydrogen-bond donors (Lipinski definition) is 2. The standard InChI is InChI=1S/C23H21N3O5S/c1-14-4-9-21(24-12-14)25-22(27)15-10-18-19(13-26(2)23(18)28)20(11-15)30-16-5-7-17(8-6-16)32-31-29-3/h4-13,28H,1-3H3,(H,24,25,27). The molecular weight excluding hydrogens is 430 g/mol. The fourth-order valence-corrected chi connectivity index (χ4v) is 3.49. The van der Waals surface area contributed by atoms with Crippen LogP contribution in [0.3, 0.4) is 0 Å². The molecule has 2 heterocycles. The molecule has 8 nitrogen and oxygen atoms in total. The summed E-state index contributed by atoms with van der Waals surface area (Å²) in [6.07, 6.45) is 3.43. The molecule has 1 amide bonds. The Balaban J connectivity index is 1.66. The fourth-order valence-electron chi connectivity index (χ4n) is 3.10. The number of nitrogens with zero attached hydrogens (tertiary/aromatic N) is 2. The Hall–Kier alpha value is -3.53. The minimum Gasteiger partial charge on any atom is -0.494 e. The van der Waals surface area contributed by atoms with E-state index in [0.29, 0.717) is 33.7 Å². The summed E-state index contributed by atoms with van der Waals surface area (Å²) in [5.41, 5.74) is 1.32. The van der Waals surface area contributed by atoms with E-state index in [4.69, 9.17) is 9.07 Å². The monoisotopic (exact) mass is 451 g/mol. The van der Waals surface area contributed by atoms with Gasteiger partial charge in [0, 0.05) is 40.7 Å². The lowest BCUT2D eigenvalue weighted by Crippen LogP contribution is -2.13. The van der Waals surface area contributed by atoms with Crippen LogP contribution in [0.2, 0.25) is 0 Å². The number of fused-ring (bicyclic) bond motifs is 1. The highest BCUT2D eigenvalue weighted by molar-refractivity contribution is 7.94. The summed E-state index contributed by atoms with van der Waals surface area (Å²) < 4.78 is 12.5. The lowest BCUT2D eigenvalue weighted by Gasteiger charge is -2.11. The van der Waals surface area contributed by atoms with Gasteiger partial charge in [-0.05, 0) is 55.0 Å². The zero-order chi connectivity index (χ0) is 22.7. The predicted molar refractivity (Wildman–Crippen MR) is 122 cm³/mol. The first kappa shape index (κ1) is 21.7. The molecule has 0 atom stereocenters. The first-order chi connectivity index (χ1) is 15.4. The Labute approximate surface area is 188 Å². The van der Waals surface area contributed by atoms with E-state index in [9.17, 15) is 9.90 Å². The molecule has 164 valence electrons. The van der Waals surface area contributed by atoms with Gasteiger partial charge in [0.25, 0.3) is 5.91 Å². The Kier molecular flexibility index (Phi) is 6.31. The van der Waals surface area contributed by atoms with E-state index in [1.54, 1.807) is 54.3 Å². The number of amides is 1. The molecular formula is C23H21N3O5S. The van der Waals surface area contributed by atoms with Gasteiger partial charge in [-0.15, -0.1) is 0 Å². The topological polar surface area (TPSA) is 94.8 Å². The van der Waals surface area contributed by atoms with Crippen LogP contribution in [0.15, 0.2) is 65.8 Å². The maximum Gasteiger partial charge on any atom is 0.256 e. The first-order valence-electron chi connectivity index (χ1n) is 9.66. The molecule has 32 heavy (non-hydrogen) atoms. The minimum atomic E-state index is -0.361. The quantitative estimate of drug-likeness (QED) is 0.226. The first-order valence-corrected chi connectivity index (χ1v) is 10.4. The zero-order valence-corrected chi connectivity index (χ0v) is 18.5. The SMILES string of the molecule is COOSc1ccc(Oc2cc(C(=O)Nc3ccc(C)cn3)cc3c(O)n(C)cc23)cc1. The number of aromatic hydroxyl groups is 1. The van der Waals surface area contributed by atoms with Gasteiger partial charge in [0.1, 0.15) is 17.3 Å². The van der Waals surface area contributed by atoms with Crippen LogP contribution in [0.5, 0.6) is 17.4 Å². The number of carbonyl (C=O) groups excluding carboxylic acids is 1. The van der Waals surface area contributed by atoms with Crippen molar-refractivity contribution in [1.29, 1.82) is 0 Å². The second-order valence-electron chi connectivity index (χ2n) is 7.07. The molecule has 9 heteroatoms. The Morgan fingerprint density at radius 3 is 2.59 bits per heavy atom. The summed E-state index contributed by atoms with van der Waals surface area (Å²) in [6.45, 7) is 1.92. The van der Waals surface area contributed by atoms with E-state index in [-0.39, 0.29) is 11.8 Å². The van der Waals surface area contributed by atoms with Crippen molar-refractivity contribution < 1.29 is 23.9 Å². The van der Waals surface area contributed by atoms with Crippen molar-refractivity contribution in [2.24, 2.45) is 7.05 Å². The largest absolute Gasteiger partial charge is 0.494 e. The number of aromatic nitrogens is 2. The minimum absolute atomic E-state index is 0.0384. The molecule has 2 aromatic heterocycles. The molecule has 0 aliphatic rings. The second-order valence-corrected chi connectivity index (χ2v) is 7.84. The summed E-state index contributed by atoms with van der Waals surface area (Å²) in [6, 6.07) is 14.1. The number of aryl methyl sites for hydroxylation is 2. The van der Waals surface area contributed by atoms with E-state index >= 15 is 0 Å². The smallest absolute Gasteiger partial charge is 0.256 e. The highest BCUT2D eigenvalue weighted by atomic mass is 32.2. The van der Waals surface area contributed by atoms with Crippen LogP contribution in [0.25, 0.3) is 10.8 Å². The molecule has 0 saturated heterocycles. The third kappa shape index (κ3) is 4.70. The van der Waals surface area contributed by atoms with Gasteiger partial charge in [-0.3, -0.25) is 4.79 Å². The van der Waals surface area contributed by atoms with Gasteiger partial charge >= 0.3 is 0 Å². The summed E-state index contributed by atoms with van der Waals surface area (Å²) >= 11 is 1.08. The van der Waals surface area contributed by atoms with Gasteiger partial charge in [0.15, 0.2) is 5.88 Å². The number of rotatable bonds is 7. The number of pyridine rings is 1. The van der Waals surface area contributed by atoms with E-state index < -0.39 is 0 Å². The molecule has 2 N–H and O–H groups in total. The number of carbonyl (C=O) groups is 1. The van der Waals surface area contributed by atoms with Gasteiger partial charge in [-0.25, -0.2) is 9.87 Å². The van der Waals surface area contributed by atoms with Crippen LogP contribution in [-0.2, 0) is 16.3 Å². The van der Waals surface area contributed by atoms with Crippen LogP contribution >= 0.6 is 12.0 Å².